The van der Waals surface area contributed by atoms with Gasteiger partial charge in [-0.2, -0.15) is 0 Å². The lowest BCUT2D eigenvalue weighted by Gasteiger charge is -2.08. The maximum atomic E-state index is 12.0. The molecule has 0 aliphatic carbocycles. The number of hydrogen-bond donors (Lipinski definition) is 2. The molecule has 1 heterocycles. The Kier molecular flexibility index (Phi) is 3.82. The summed E-state index contributed by atoms with van der Waals surface area (Å²) in [5.41, 5.74) is 6.43. The van der Waals surface area contributed by atoms with Crippen molar-refractivity contribution in [3.63, 3.8) is 0 Å². The summed E-state index contributed by atoms with van der Waals surface area (Å²) < 4.78 is 5.01. The Bertz CT molecular complexity index is 618. The zero-order valence-electron chi connectivity index (χ0n) is 10.1. The van der Waals surface area contributed by atoms with Gasteiger partial charge in [0.05, 0.1) is 12.7 Å². The number of carbonyl (C=O) groups excluding carboxylic acids is 1. The van der Waals surface area contributed by atoms with Crippen LogP contribution in [0.15, 0.2) is 30.5 Å². The van der Waals surface area contributed by atoms with Crippen LogP contribution in [0.25, 0.3) is 0 Å². The van der Waals surface area contributed by atoms with Gasteiger partial charge in [-0.05, 0) is 29.8 Å². The molecule has 3 N–H and O–H groups in total. The minimum absolute atomic E-state index is 0.0560. The molecule has 0 saturated carbocycles. The number of hydrogen-bond acceptors (Lipinski definition) is 5. The molecular formula is C12H11ClN4O2. The van der Waals surface area contributed by atoms with E-state index in [1.807, 2.05) is 0 Å². The first-order chi connectivity index (χ1) is 9.10. The Balaban J connectivity index is 2.20. The average Bonchev–Trinajstić information content (AvgIpc) is 2.38. The van der Waals surface area contributed by atoms with Crippen molar-refractivity contribution >= 4 is 29.0 Å². The molecule has 7 heteroatoms. The van der Waals surface area contributed by atoms with Gasteiger partial charge in [0, 0.05) is 18.0 Å². The molecule has 0 atom stereocenters. The third-order valence-corrected chi connectivity index (χ3v) is 2.55. The highest BCUT2D eigenvalue weighted by Crippen LogP contribution is 2.20. The first-order valence-electron chi connectivity index (χ1n) is 5.33. The second-order valence-corrected chi connectivity index (χ2v) is 3.96. The predicted octanol–water partition coefficient (Wildman–Crippen LogP) is 1.97. The van der Waals surface area contributed by atoms with E-state index in [4.69, 9.17) is 22.1 Å². The molecule has 98 valence electrons. The van der Waals surface area contributed by atoms with Crippen molar-refractivity contribution in [3.8, 4) is 5.75 Å². The Hall–Kier alpha value is -2.34. The molecule has 6 nitrogen and oxygen atoms in total. The fourth-order valence-electron chi connectivity index (χ4n) is 1.46. The molecule has 1 amide bonds. The number of nitrogen functional groups attached to an aromatic ring is 1. The summed E-state index contributed by atoms with van der Waals surface area (Å²) in [6.45, 7) is 0. The fraction of sp³-hybridized carbons (Fsp3) is 0.0833. The maximum Gasteiger partial charge on any atom is 0.258 e. The van der Waals surface area contributed by atoms with Gasteiger partial charge in [-0.25, -0.2) is 9.97 Å². The van der Waals surface area contributed by atoms with Crippen LogP contribution in [0.5, 0.6) is 5.75 Å². The van der Waals surface area contributed by atoms with Crippen LogP contribution in [0.1, 0.15) is 10.4 Å². The van der Waals surface area contributed by atoms with Crippen LogP contribution < -0.4 is 15.8 Å². The largest absolute Gasteiger partial charge is 0.497 e. The van der Waals surface area contributed by atoms with Crippen LogP contribution in [0, 0.1) is 0 Å². The molecule has 0 radical (unpaired) electrons. The molecular weight excluding hydrogens is 268 g/mol. The van der Waals surface area contributed by atoms with Crippen LogP contribution >= 0.6 is 11.6 Å². The summed E-state index contributed by atoms with van der Waals surface area (Å²) >= 11 is 5.63. The summed E-state index contributed by atoms with van der Waals surface area (Å²) in [7, 11) is 1.53. The van der Waals surface area contributed by atoms with Crippen molar-refractivity contribution in [1.82, 2.24) is 9.97 Å². The highest BCUT2D eigenvalue weighted by Gasteiger charge is 2.11. The number of carbonyl (C=O) groups is 1. The van der Waals surface area contributed by atoms with Crippen molar-refractivity contribution < 1.29 is 9.53 Å². The number of benzene rings is 1. The van der Waals surface area contributed by atoms with E-state index in [1.54, 1.807) is 18.2 Å². The smallest absolute Gasteiger partial charge is 0.258 e. The number of halogens is 1. The maximum absolute atomic E-state index is 12.0. The summed E-state index contributed by atoms with van der Waals surface area (Å²) in [4.78, 5) is 19.6. The van der Waals surface area contributed by atoms with Crippen molar-refractivity contribution in [3.05, 3.63) is 41.3 Å². The zero-order valence-corrected chi connectivity index (χ0v) is 10.8. The third kappa shape index (κ3) is 3.11. The molecule has 0 unspecified atom stereocenters. The number of rotatable bonds is 3. The monoisotopic (exact) mass is 278 g/mol. The van der Waals surface area contributed by atoms with Crippen LogP contribution in [0.2, 0.25) is 5.28 Å². The lowest BCUT2D eigenvalue weighted by atomic mass is 10.1. The van der Waals surface area contributed by atoms with Gasteiger partial charge in [0.1, 0.15) is 11.6 Å². The quantitative estimate of drug-likeness (QED) is 0.662. The number of methoxy groups -OCH3 is 1. The molecule has 0 fully saturated rings. The molecule has 2 rings (SSSR count). The number of amides is 1. The number of nitrogens with two attached hydrogens (primary N) is 1. The van der Waals surface area contributed by atoms with E-state index in [1.165, 1.54) is 19.4 Å². The minimum Gasteiger partial charge on any atom is -0.497 e. The second kappa shape index (κ2) is 5.53. The summed E-state index contributed by atoms with van der Waals surface area (Å²) in [5, 5.41) is 2.64. The third-order valence-electron chi connectivity index (χ3n) is 2.37. The Morgan fingerprint density at radius 2 is 2.21 bits per heavy atom. The van der Waals surface area contributed by atoms with Crippen molar-refractivity contribution in [1.29, 1.82) is 0 Å². The van der Waals surface area contributed by atoms with Gasteiger partial charge in [-0.3, -0.25) is 4.79 Å². The van der Waals surface area contributed by atoms with E-state index in [-0.39, 0.29) is 11.2 Å². The number of ether oxygens (including phenoxy) is 1. The van der Waals surface area contributed by atoms with E-state index in [0.29, 0.717) is 22.8 Å². The number of anilines is 2. The molecule has 0 aliphatic rings. The highest BCUT2D eigenvalue weighted by molar-refractivity contribution is 6.28. The van der Waals surface area contributed by atoms with Crippen molar-refractivity contribution in [2.24, 2.45) is 0 Å². The minimum atomic E-state index is -0.380. The lowest BCUT2D eigenvalue weighted by Crippen LogP contribution is -2.15. The summed E-state index contributed by atoms with van der Waals surface area (Å²) in [6.07, 6.45) is 1.45. The molecule has 1 aromatic heterocycles. The van der Waals surface area contributed by atoms with Crippen LogP contribution in [0.3, 0.4) is 0 Å². The van der Waals surface area contributed by atoms with Gasteiger partial charge in [-0.15, -0.1) is 0 Å². The van der Waals surface area contributed by atoms with Crippen LogP contribution in [-0.2, 0) is 0 Å². The lowest BCUT2D eigenvalue weighted by molar-refractivity contribution is 0.102. The molecule has 0 bridgehead atoms. The average molecular weight is 279 g/mol. The first-order valence-corrected chi connectivity index (χ1v) is 5.71. The number of aromatic nitrogens is 2. The number of nitrogens with one attached hydrogen (secondary N) is 1. The van der Waals surface area contributed by atoms with Crippen molar-refractivity contribution in [2.75, 3.05) is 18.2 Å². The topological polar surface area (TPSA) is 90.1 Å². The normalized spacial score (nSPS) is 10.0. The SMILES string of the molecule is COc1ccc(C(=O)Nc2ccnc(Cl)n2)c(N)c1. The Morgan fingerprint density at radius 3 is 2.84 bits per heavy atom. The predicted molar refractivity (Wildman–Crippen MR) is 72.4 cm³/mol. The van der Waals surface area contributed by atoms with E-state index in [0.717, 1.165) is 0 Å². The van der Waals surface area contributed by atoms with Gasteiger partial charge in [0.15, 0.2) is 0 Å². The van der Waals surface area contributed by atoms with E-state index in [2.05, 4.69) is 15.3 Å². The summed E-state index contributed by atoms with van der Waals surface area (Å²) in [6, 6.07) is 6.33. The van der Waals surface area contributed by atoms with Gasteiger partial charge in [0.2, 0.25) is 5.28 Å². The van der Waals surface area contributed by atoms with Gasteiger partial charge in [-0.1, -0.05) is 0 Å². The molecule has 1 aromatic carbocycles. The molecule has 0 saturated heterocycles. The van der Waals surface area contributed by atoms with E-state index >= 15 is 0 Å². The molecule has 0 aliphatic heterocycles. The highest BCUT2D eigenvalue weighted by atomic mass is 35.5. The van der Waals surface area contributed by atoms with Gasteiger partial charge >= 0.3 is 0 Å². The Morgan fingerprint density at radius 1 is 1.42 bits per heavy atom. The first kappa shape index (κ1) is 13.1. The molecule has 2 aromatic rings. The molecule has 19 heavy (non-hydrogen) atoms. The van der Waals surface area contributed by atoms with Gasteiger partial charge < -0.3 is 15.8 Å². The van der Waals surface area contributed by atoms with E-state index in [9.17, 15) is 4.79 Å². The van der Waals surface area contributed by atoms with E-state index < -0.39 is 0 Å². The fourth-order valence-corrected chi connectivity index (χ4v) is 1.61. The Labute approximate surface area is 114 Å². The number of nitrogens with zero attached hydrogens (tertiary/aromatic N) is 2. The summed E-state index contributed by atoms with van der Waals surface area (Å²) in [5.74, 6) is 0.509. The zero-order chi connectivity index (χ0) is 13.8. The van der Waals surface area contributed by atoms with Crippen molar-refractivity contribution in [2.45, 2.75) is 0 Å². The molecule has 0 spiro atoms. The van der Waals surface area contributed by atoms with Gasteiger partial charge in [0.25, 0.3) is 5.91 Å². The second-order valence-electron chi connectivity index (χ2n) is 3.62. The van der Waals surface area contributed by atoms with Crippen LogP contribution in [-0.4, -0.2) is 23.0 Å². The van der Waals surface area contributed by atoms with Crippen LogP contribution in [0.4, 0.5) is 11.5 Å². The standard InChI is InChI=1S/C12H11ClN4O2/c1-19-7-2-3-8(9(14)6-7)11(18)16-10-4-5-15-12(13)17-10/h2-6H,14H2,1H3,(H,15,16,17,18).